The monoisotopic (exact) mass is 325 g/mol. The predicted molar refractivity (Wildman–Crippen MR) is 89.9 cm³/mol. The fourth-order valence-electron chi connectivity index (χ4n) is 2.47. The van der Waals surface area contributed by atoms with Gasteiger partial charge in [-0.25, -0.2) is 4.68 Å². The summed E-state index contributed by atoms with van der Waals surface area (Å²) in [5, 5.41) is 9.11. The number of aromatic nitrogens is 2. The molecule has 0 bridgehead atoms. The largest absolute Gasteiger partial charge is 0.317 e. The Bertz CT molecular complexity index is 620. The average molecular weight is 326 g/mol. The van der Waals surface area contributed by atoms with E-state index < -0.39 is 0 Å². The van der Waals surface area contributed by atoms with Crippen molar-refractivity contribution in [3.8, 4) is 5.69 Å². The number of halogens is 2. The Kier molecular flexibility index (Phi) is 5.68. The van der Waals surface area contributed by atoms with E-state index in [2.05, 4.69) is 31.2 Å². The molecule has 0 aliphatic heterocycles. The third kappa shape index (κ3) is 3.79. The summed E-state index contributed by atoms with van der Waals surface area (Å²) in [7, 11) is 0. The lowest BCUT2D eigenvalue weighted by Gasteiger charge is -2.07. The summed E-state index contributed by atoms with van der Waals surface area (Å²) in [6.07, 6.45) is 2.15. The van der Waals surface area contributed by atoms with Gasteiger partial charge in [0.05, 0.1) is 21.4 Å². The van der Waals surface area contributed by atoms with Gasteiger partial charge in [-0.1, -0.05) is 30.1 Å². The highest BCUT2D eigenvalue weighted by molar-refractivity contribution is 6.42. The highest BCUT2D eigenvalue weighted by Gasteiger charge is 2.13. The topological polar surface area (TPSA) is 29.9 Å². The van der Waals surface area contributed by atoms with E-state index in [9.17, 15) is 0 Å². The molecule has 0 fully saturated rings. The van der Waals surface area contributed by atoms with Crippen molar-refractivity contribution >= 4 is 23.2 Å². The van der Waals surface area contributed by atoms with Gasteiger partial charge in [-0.05, 0) is 63.5 Å². The molecule has 2 aromatic rings. The van der Waals surface area contributed by atoms with Gasteiger partial charge in [0, 0.05) is 5.69 Å². The minimum atomic E-state index is 0.551. The van der Waals surface area contributed by atoms with Gasteiger partial charge < -0.3 is 5.32 Å². The first-order chi connectivity index (χ1) is 10.0. The van der Waals surface area contributed by atoms with Crippen LogP contribution in [-0.4, -0.2) is 22.9 Å². The average Bonchev–Trinajstić information content (AvgIpc) is 2.74. The molecule has 0 spiro atoms. The molecule has 1 aromatic heterocycles. The molecule has 21 heavy (non-hydrogen) atoms. The van der Waals surface area contributed by atoms with E-state index in [1.165, 1.54) is 11.3 Å². The summed E-state index contributed by atoms with van der Waals surface area (Å²) in [4.78, 5) is 0. The second kappa shape index (κ2) is 7.30. The van der Waals surface area contributed by atoms with Crippen molar-refractivity contribution in [1.29, 1.82) is 0 Å². The number of benzene rings is 1. The summed E-state index contributed by atoms with van der Waals surface area (Å²) in [6, 6.07) is 5.60. The van der Waals surface area contributed by atoms with E-state index >= 15 is 0 Å². The van der Waals surface area contributed by atoms with Gasteiger partial charge in [0.1, 0.15) is 0 Å². The van der Waals surface area contributed by atoms with Crippen LogP contribution < -0.4 is 5.32 Å². The standard InChI is InChI=1S/C16H21Cl2N3/c1-4-19-9-5-6-14-11(2)20-21(12(14)3)13-7-8-15(17)16(18)10-13/h7-8,10,19H,4-6,9H2,1-3H3. The molecule has 5 heteroatoms. The third-order valence-electron chi connectivity index (χ3n) is 3.62. The molecule has 1 aromatic carbocycles. The molecule has 114 valence electrons. The zero-order valence-corrected chi connectivity index (χ0v) is 14.2. The number of hydrogen-bond acceptors (Lipinski definition) is 2. The van der Waals surface area contributed by atoms with E-state index in [1.54, 1.807) is 6.07 Å². The van der Waals surface area contributed by atoms with Gasteiger partial charge in [-0.2, -0.15) is 5.10 Å². The molecule has 0 amide bonds. The quantitative estimate of drug-likeness (QED) is 0.801. The summed E-state index contributed by atoms with van der Waals surface area (Å²) in [5.74, 6) is 0. The number of rotatable bonds is 6. The van der Waals surface area contributed by atoms with Crippen molar-refractivity contribution in [2.45, 2.75) is 33.6 Å². The van der Waals surface area contributed by atoms with Crippen LogP contribution >= 0.6 is 23.2 Å². The molecule has 1 N–H and O–H groups in total. The molecule has 3 nitrogen and oxygen atoms in total. The molecular formula is C16H21Cl2N3. The van der Waals surface area contributed by atoms with E-state index in [1.807, 2.05) is 16.8 Å². The van der Waals surface area contributed by atoms with Crippen LogP contribution in [0.5, 0.6) is 0 Å². The Labute approximate surface area is 136 Å². The van der Waals surface area contributed by atoms with Crippen LogP contribution in [0.1, 0.15) is 30.3 Å². The van der Waals surface area contributed by atoms with Crippen molar-refractivity contribution in [2.75, 3.05) is 13.1 Å². The highest BCUT2D eigenvalue weighted by atomic mass is 35.5. The van der Waals surface area contributed by atoms with Crippen molar-refractivity contribution in [3.63, 3.8) is 0 Å². The second-order valence-electron chi connectivity index (χ2n) is 5.12. The maximum Gasteiger partial charge on any atom is 0.0664 e. The third-order valence-corrected chi connectivity index (χ3v) is 4.36. The number of nitrogens with zero attached hydrogens (tertiary/aromatic N) is 2. The second-order valence-corrected chi connectivity index (χ2v) is 5.93. The van der Waals surface area contributed by atoms with Gasteiger partial charge >= 0.3 is 0 Å². The fraction of sp³-hybridized carbons (Fsp3) is 0.438. The number of aryl methyl sites for hydroxylation is 1. The molecule has 2 rings (SSSR count). The Hall–Kier alpha value is -1.03. The van der Waals surface area contributed by atoms with Crippen LogP contribution in [0.3, 0.4) is 0 Å². The molecule has 0 unspecified atom stereocenters. The molecular weight excluding hydrogens is 305 g/mol. The van der Waals surface area contributed by atoms with Crippen molar-refractivity contribution in [2.24, 2.45) is 0 Å². The van der Waals surface area contributed by atoms with Gasteiger partial charge in [0.15, 0.2) is 0 Å². The summed E-state index contributed by atoms with van der Waals surface area (Å²) < 4.78 is 1.94. The first-order valence-corrected chi connectivity index (χ1v) is 8.01. The maximum absolute atomic E-state index is 6.10. The lowest BCUT2D eigenvalue weighted by molar-refractivity contribution is 0.670. The molecule has 0 radical (unpaired) electrons. The van der Waals surface area contributed by atoms with E-state index in [0.717, 1.165) is 37.3 Å². The van der Waals surface area contributed by atoms with Crippen molar-refractivity contribution < 1.29 is 0 Å². The highest BCUT2D eigenvalue weighted by Crippen LogP contribution is 2.26. The van der Waals surface area contributed by atoms with E-state index in [-0.39, 0.29) is 0 Å². The minimum Gasteiger partial charge on any atom is -0.317 e. The normalized spacial score (nSPS) is 11.1. The maximum atomic E-state index is 6.10. The SMILES string of the molecule is CCNCCCc1c(C)nn(-c2ccc(Cl)c(Cl)c2)c1C. The molecule has 0 aliphatic carbocycles. The Morgan fingerprint density at radius 2 is 1.95 bits per heavy atom. The van der Waals surface area contributed by atoms with E-state index in [4.69, 9.17) is 23.2 Å². The van der Waals surface area contributed by atoms with Crippen molar-refractivity contribution in [1.82, 2.24) is 15.1 Å². The summed E-state index contributed by atoms with van der Waals surface area (Å²) >= 11 is 12.1. The Morgan fingerprint density at radius 1 is 1.19 bits per heavy atom. The predicted octanol–water partition coefficient (Wildman–Crippen LogP) is 4.34. The minimum absolute atomic E-state index is 0.551. The Morgan fingerprint density at radius 3 is 2.62 bits per heavy atom. The summed E-state index contributed by atoms with van der Waals surface area (Å²) in [5.41, 5.74) is 4.51. The van der Waals surface area contributed by atoms with Gasteiger partial charge in [-0.15, -0.1) is 0 Å². The smallest absolute Gasteiger partial charge is 0.0664 e. The lowest BCUT2D eigenvalue weighted by Crippen LogP contribution is -2.14. The van der Waals surface area contributed by atoms with Gasteiger partial charge in [0.25, 0.3) is 0 Å². The van der Waals surface area contributed by atoms with E-state index in [0.29, 0.717) is 10.0 Å². The van der Waals surface area contributed by atoms with Crippen LogP contribution in [0.4, 0.5) is 0 Å². The van der Waals surface area contributed by atoms with Crippen LogP contribution in [-0.2, 0) is 6.42 Å². The summed E-state index contributed by atoms with van der Waals surface area (Å²) in [6.45, 7) is 8.33. The first-order valence-electron chi connectivity index (χ1n) is 7.25. The zero-order chi connectivity index (χ0) is 15.4. The molecule has 0 aliphatic rings. The van der Waals surface area contributed by atoms with Crippen LogP contribution in [0.15, 0.2) is 18.2 Å². The van der Waals surface area contributed by atoms with Crippen molar-refractivity contribution in [3.05, 3.63) is 45.2 Å². The molecule has 0 atom stereocenters. The fourth-order valence-corrected chi connectivity index (χ4v) is 2.76. The molecule has 0 saturated carbocycles. The van der Waals surface area contributed by atoms with Crippen LogP contribution in [0.25, 0.3) is 5.69 Å². The van der Waals surface area contributed by atoms with Gasteiger partial charge in [-0.3, -0.25) is 0 Å². The molecule has 0 saturated heterocycles. The Balaban J connectivity index is 2.23. The number of nitrogens with one attached hydrogen (secondary N) is 1. The van der Waals surface area contributed by atoms with Gasteiger partial charge in [0.2, 0.25) is 0 Å². The molecule has 1 heterocycles. The lowest BCUT2D eigenvalue weighted by atomic mass is 10.1. The van der Waals surface area contributed by atoms with Crippen LogP contribution in [0, 0.1) is 13.8 Å². The number of hydrogen-bond donors (Lipinski definition) is 1. The zero-order valence-electron chi connectivity index (χ0n) is 12.7. The first kappa shape index (κ1) is 16.3. The van der Waals surface area contributed by atoms with Crippen LogP contribution in [0.2, 0.25) is 10.0 Å².